The third-order valence-electron chi connectivity index (χ3n) is 6.77. The predicted octanol–water partition coefficient (Wildman–Crippen LogP) is 9.41. The van der Waals surface area contributed by atoms with Gasteiger partial charge in [0.2, 0.25) is 0 Å². The fourth-order valence-electron chi connectivity index (χ4n) is 4.73. The number of hydrogen-bond donors (Lipinski definition) is 1. The third-order valence-corrected chi connectivity index (χ3v) is 6.77. The van der Waals surface area contributed by atoms with Crippen LogP contribution in [-0.2, 0) is 4.79 Å². The van der Waals surface area contributed by atoms with Crippen LogP contribution < -0.4 is 0 Å². The summed E-state index contributed by atoms with van der Waals surface area (Å²) >= 11 is 0. The van der Waals surface area contributed by atoms with Crippen LogP contribution in [0.25, 0.3) is 0 Å². The second-order valence-electron chi connectivity index (χ2n) is 9.63. The maximum Gasteiger partial charge on any atom is 0.306 e. The van der Waals surface area contributed by atoms with E-state index in [-0.39, 0.29) is 5.92 Å². The summed E-state index contributed by atoms with van der Waals surface area (Å²) in [6.07, 6.45) is 24.4. The van der Waals surface area contributed by atoms with E-state index in [1.54, 1.807) is 0 Å². The highest BCUT2D eigenvalue weighted by atomic mass is 16.4. The Balaban J connectivity index is 3.89. The van der Waals surface area contributed by atoms with Crippen molar-refractivity contribution in [2.24, 2.45) is 17.8 Å². The molecule has 0 amide bonds. The zero-order chi connectivity index (χ0) is 21.7. The Morgan fingerprint density at radius 1 is 0.621 bits per heavy atom. The van der Waals surface area contributed by atoms with Crippen LogP contribution in [0, 0.1) is 17.8 Å². The second kappa shape index (κ2) is 20.7. The molecule has 0 aromatic rings. The number of rotatable bonds is 22. The molecule has 0 fully saturated rings. The molecular weight excluding hydrogens is 356 g/mol. The SMILES string of the molecule is CCCCCCCCCCCCCCC(C)C(CC(CCC)CCCC)C(=O)O. The Morgan fingerprint density at radius 3 is 1.55 bits per heavy atom. The monoisotopic (exact) mass is 410 g/mol. The van der Waals surface area contributed by atoms with E-state index in [4.69, 9.17) is 0 Å². The highest BCUT2D eigenvalue weighted by Crippen LogP contribution is 2.30. The highest BCUT2D eigenvalue weighted by Gasteiger charge is 2.27. The van der Waals surface area contributed by atoms with Crippen LogP contribution in [0.1, 0.15) is 150 Å². The summed E-state index contributed by atoms with van der Waals surface area (Å²) in [5.41, 5.74) is 0. The number of unbranched alkanes of at least 4 members (excludes halogenated alkanes) is 12. The molecule has 29 heavy (non-hydrogen) atoms. The van der Waals surface area contributed by atoms with Crippen LogP contribution >= 0.6 is 0 Å². The van der Waals surface area contributed by atoms with Gasteiger partial charge in [-0.3, -0.25) is 4.79 Å². The molecule has 0 bridgehead atoms. The van der Waals surface area contributed by atoms with Gasteiger partial charge in [-0.2, -0.15) is 0 Å². The van der Waals surface area contributed by atoms with Crippen molar-refractivity contribution in [3.8, 4) is 0 Å². The van der Waals surface area contributed by atoms with Gasteiger partial charge in [-0.25, -0.2) is 0 Å². The molecule has 0 radical (unpaired) electrons. The maximum atomic E-state index is 11.9. The summed E-state index contributed by atoms with van der Waals surface area (Å²) in [5, 5.41) is 9.78. The van der Waals surface area contributed by atoms with E-state index in [1.807, 2.05) is 0 Å². The van der Waals surface area contributed by atoms with Crippen molar-refractivity contribution >= 4 is 5.97 Å². The van der Waals surface area contributed by atoms with Crippen molar-refractivity contribution in [1.29, 1.82) is 0 Å². The van der Waals surface area contributed by atoms with E-state index in [0.29, 0.717) is 11.8 Å². The molecule has 0 aromatic carbocycles. The lowest BCUT2D eigenvalue weighted by Gasteiger charge is -2.25. The predicted molar refractivity (Wildman–Crippen MR) is 129 cm³/mol. The third kappa shape index (κ3) is 16.9. The van der Waals surface area contributed by atoms with Crippen LogP contribution in [-0.4, -0.2) is 11.1 Å². The summed E-state index contributed by atoms with van der Waals surface area (Å²) in [4.78, 5) is 11.9. The summed E-state index contributed by atoms with van der Waals surface area (Å²) in [5.74, 6) is 0.215. The molecule has 0 aliphatic carbocycles. The standard InChI is InChI=1S/C27H54O2/c1-5-8-10-11-12-13-14-15-16-17-18-19-21-24(4)26(27(28)29)23-25(20-7-3)22-9-6-2/h24-26H,5-23H2,1-4H3,(H,28,29). The first-order valence-corrected chi connectivity index (χ1v) is 13.3. The maximum absolute atomic E-state index is 11.9. The Labute approximate surface area is 183 Å². The van der Waals surface area contributed by atoms with Crippen molar-refractivity contribution in [1.82, 2.24) is 0 Å². The summed E-state index contributed by atoms with van der Waals surface area (Å²) in [6.45, 7) is 8.91. The van der Waals surface area contributed by atoms with Gasteiger partial charge in [-0.1, -0.05) is 137 Å². The molecule has 0 saturated heterocycles. The molecule has 0 saturated carbocycles. The minimum absolute atomic E-state index is 0.142. The van der Waals surface area contributed by atoms with Crippen LogP contribution in [0.2, 0.25) is 0 Å². The lowest BCUT2D eigenvalue weighted by molar-refractivity contribution is -0.144. The van der Waals surface area contributed by atoms with Gasteiger partial charge in [0.25, 0.3) is 0 Å². The Bertz CT molecular complexity index is 352. The molecule has 0 heterocycles. The van der Waals surface area contributed by atoms with Crippen molar-refractivity contribution in [3.63, 3.8) is 0 Å². The van der Waals surface area contributed by atoms with Crippen molar-refractivity contribution in [2.75, 3.05) is 0 Å². The van der Waals surface area contributed by atoms with Gasteiger partial charge in [-0.05, 0) is 24.7 Å². The fraction of sp³-hybridized carbons (Fsp3) is 0.963. The van der Waals surface area contributed by atoms with Crippen molar-refractivity contribution in [3.05, 3.63) is 0 Å². The van der Waals surface area contributed by atoms with Gasteiger partial charge in [0.1, 0.15) is 0 Å². The largest absolute Gasteiger partial charge is 0.481 e. The molecule has 1 N–H and O–H groups in total. The smallest absolute Gasteiger partial charge is 0.306 e. The van der Waals surface area contributed by atoms with Gasteiger partial charge in [0.05, 0.1) is 5.92 Å². The van der Waals surface area contributed by atoms with E-state index < -0.39 is 5.97 Å². The Hall–Kier alpha value is -0.530. The van der Waals surface area contributed by atoms with Crippen molar-refractivity contribution < 1.29 is 9.90 Å². The summed E-state index contributed by atoms with van der Waals surface area (Å²) < 4.78 is 0. The zero-order valence-electron chi connectivity index (χ0n) is 20.5. The number of hydrogen-bond acceptors (Lipinski definition) is 1. The summed E-state index contributed by atoms with van der Waals surface area (Å²) in [7, 11) is 0. The molecule has 0 aromatic heterocycles. The fourth-order valence-corrected chi connectivity index (χ4v) is 4.73. The number of carboxylic acids is 1. The average Bonchev–Trinajstić information content (AvgIpc) is 2.70. The molecule has 0 aliphatic heterocycles. The molecule has 174 valence electrons. The number of carboxylic acid groups (broad SMARTS) is 1. The molecule has 0 rings (SSSR count). The van der Waals surface area contributed by atoms with Gasteiger partial charge >= 0.3 is 5.97 Å². The van der Waals surface area contributed by atoms with E-state index in [2.05, 4.69) is 27.7 Å². The minimum atomic E-state index is -0.561. The number of carbonyl (C=O) groups is 1. The normalized spacial score (nSPS) is 14.6. The van der Waals surface area contributed by atoms with E-state index in [0.717, 1.165) is 12.8 Å². The molecular formula is C27H54O2. The highest BCUT2D eigenvalue weighted by molar-refractivity contribution is 5.70. The molecule has 0 aliphatic rings. The molecule has 3 unspecified atom stereocenters. The zero-order valence-corrected chi connectivity index (χ0v) is 20.5. The Kier molecular flexibility index (Phi) is 20.4. The van der Waals surface area contributed by atoms with Crippen molar-refractivity contribution in [2.45, 2.75) is 150 Å². The second-order valence-corrected chi connectivity index (χ2v) is 9.63. The first-order valence-electron chi connectivity index (χ1n) is 13.3. The molecule has 2 heteroatoms. The topological polar surface area (TPSA) is 37.3 Å². The number of aliphatic carboxylic acids is 1. The lowest BCUT2D eigenvalue weighted by Crippen LogP contribution is -2.25. The first-order chi connectivity index (χ1) is 14.1. The average molecular weight is 411 g/mol. The van der Waals surface area contributed by atoms with Gasteiger partial charge in [0, 0.05) is 0 Å². The van der Waals surface area contributed by atoms with Gasteiger partial charge < -0.3 is 5.11 Å². The van der Waals surface area contributed by atoms with E-state index in [1.165, 1.54) is 109 Å². The summed E-state index contributed by atoms with van der Waals surface area (Å²) in [6, 6.07) is 0. The van der Waals surface area contributed by atoms with Gasteiger partial charge in [0.15, 0.2) is 0 Å². The lowest BCUT2D eigenvalue weighted by atomic mass is 9.80. The van der Waals surface area contributed by atoms with E-state index in [9.17, 15) is 9.90 Å². The van der Waals surface area contributed by atoms with Crippen LogP contribution in [0.3, 0.4) is 0 Å². The Morgan fingerprint density at radius 2 is 1.10 bits per heavy atom. The van der Waals surface area contributed by atoms with Crippen LogP contribution in [0.15, 0.2) is 0 Å². The quantitative estimate of drug-likeness (QED) is 0.180. The minimum Gasteiger partial charge on any atom is -0.481 e. The molecule has 0 spiro atoms. The van der Waals surface area contributed by atoms with Crippen LogP contribution in [0.4, 0.5) is 0 Å². The van der Waals surface area contributed by atoms with E-state index >= 15 is 0 Å². The first kappa shape index (κ1) is 28.5. The van der Waals surface area contributed by atoms with Crippen LogP contribution in [0.5, 0.6) is 0 Å². The molecule has 3 atom stereocenters. The van der Waals surface area contributed by atoms with Gasteiger partial charge in [-0.15, -0.1) is 0 Å². The molecule has 2 nitrogen and oxygen atoms in total.